The minimum absolute atomic E-state index is 0.0331. The van der Waals surface area contributed by atoms with Gasteiger partial charge in [-0.05, 0) is 183 Å². The van der Waals surface area contributed by atoms with Crippen LogP contribution >= 0.6 is 0 Å². The average Bonchev–Trinajstić information content (AvgIpc) is 3.66. The first-order valence-electron chi connectivity index (χ1n) is 29.6. The summed E-state index contributed by atoms with van der Waals surface area (Å²) in [6, 6.07) is 0. The topological polar surface area (TPSA) is 55.8 Å². The lowest BCUT2D eigenvalue weighted by Gasteiger charge is -2.58. The van der Waals surface area contributed by atoms with E-state index in [0.29, 0.717) is 24.2 Å². The van der Waals surface area contributed by atoms with Crippen molar-refractivity contribution in [2.24, 2.45) is 52.3 Å². The maximum atomic E-state index is 13.2. The second kappa shape index (κ2) is 31.0. The standard InChI is InChI=1S/C62H111NO4/c1-11-14-16-18-19-26-32-53(31-25-17-15-12-2)66-59(64)33-27-21-20-23-29-50(43-46-63(9)10)30-24-22-28-34-60(65)67-54-41-44-61(7)52(47-54)37-38-55-57-40-39-56(62(57,8)45-42-58(55)61)49(6)35-36-51(13-3)48(4)5/h13,37,48-50,53-58H,11-12,14-36,38-47H2,1-10H3/b51-13+. The molecule has 0 bridgehead atoms. The Bertz CT molecular complexity index is 1450. The smallest absolute Gasteiger partial charge is 0.306 e. The van der Waals surface area contributed by atoms with E-state index in [4.69, 9.17) is 9.47 Å². The first-order valence-corrected chi connectivity index (χ1v) is 29.6. The van der Waals surface area contributed by atoms with E-state index in [-0.39, 0.29) is 29.6 Å². The van der Waals surface area contributed by atoms with E-state index in [1.165, 1.54) is 154 Å². The lowest BCUT2D eigenvalue weighted by Crippen LogP contribution is -2.51. The molecule has 5 nitrogen and oxygen atoms in total. The maximum Gasteiger partial charge on any atom is 0.306 e. The van der Waals surface area contributed by atoms with Gasteiger partial charge in [0.05, 0.1) is 0 Å². The summed E-state index contributed by atoms with van der Waals surface area (Å²) in [6.45, 7) is 20.5. The third kappa shape index (κ3) is 18.8. The molecule has 0 aromatic heterocycles. The van der Waals surface area contributed by atoms with Crippen molar-refractivity contribution in [3.05, 3.63) is 23.3 Å². The van der Waals surface area contributed by atoms with Gasteiger partial charge in [0.1, 0.15) is 12.2 Å². The number of rotatable bonds is 35. The molecule has 3 fully saturated rings. The zero-order valence-electron chi connectivity index (χ0n) is 46.2. The van der Waals surface area contributed by atoms with E-state index in [0.717, 1.165) is 93.4 Å². The molecule has 388 valence electrons. The molecule has 4 rings (SSSR count). The fraction of sp³-hybridized carbons (Fsp3) is 0.903. The number of ether oxygens (including phenoxy) is 2. The largest absolute Gasteiger partial charge is 0.462 e. The van der Waals surface area contributed by atoms with Crippen molar-refractivity contribution in [1.29, 1.82) is 0 Å². The number of nitrogens with zero attached hydrogens (tertiary/aromatic N) is 1. The van der Waals surface area contributed by atoms with Crippen molar-refractivity contribution in [2.75, 3.05) is 20.6 Å². The van der Waals surface area contributed by atoms with Gasteiger partial charge in [0, 0.05) is 19.3 Å². The van der Waals surface area contributed by atoms with Crippen LogP contribution in [0.25, 0.3) is 0 Å². The number of allylic oxidation sites excluding steroid dienone is 3. The fourth-order valence-corrected chi connectivity index (χ4v) is 14.6. The molecule has 0 aromatic carbocycles. The second-order valence-corrected chi connectivity index (χ2v) is 24.4. The highest BCUT2D eigenvalue weighted by Crippen LogP contribution is 2.67. The van der Waals surface area contributed by atoms with E-state index in [2.05, 4.69) is 86.5 Å². The summed E-state index contributed by atoms with van der Waals surface area (Å²) in [5.74, 6) is 5.64. The normalized spacial score (nSPS) is 27.6. The summed E-state index contributed by atoms with van der Waals surface area (Å²) >= 11 is 0. The monoisotopic (exact) mass is 934 g/mol. The molecule has 0 radical (unpaired) electrons. The number of carbonyl (C=O) groups excluding carboxylic acids is 2. The Hall–Kier alpha value is -1.62. The predicted molar refractivity (Wildman–Crippen MR) is 286 cm³/mol. The number of carbonyl (C=O) groups is 2. The third-order valence-corrected chi connectivity index (χ3v) is 18.9. The van der Waals surface area contributed by atoms with Crippen LogP contribution in [-0.2, 0) is 19.1 Å². The lowest BCUT2D eigenvalue weighted by molar-refractivity contribution is -0.152. The molecule has 4 aliphatic rings. The summed E-state index contributed by atoms with van der Waals surface area (Å²) in [5.41, 5.74) is 4.06. The van der Waals surface area contributed by atoms with Crippen LogP contribution in [0.5, 0.6) is 0 Å². The highest BCUT2D eigenvalue weighted by molar-refractivity contribution is 5.69. The molecular formula is C62H111NO4. The van der Waals surface area contributed by atoms with Gasteiger partial charge in [0.2, 0.25) is 0 Å². The van der Waals surface area contributed by atoms with Crippen LogP contribution in [0.2, 0.25) is 0 Å². The summed E-state index contributed by atoms with van der Waals surface area (Å²) in [7, 11) is 4.37. The molecule has 5 heteroatoms. The zero-order valence-corrected chi connectivity index (χ0v) is 46.2. The van der Waals surface area contributed by atoms with Crippen LogP contribution in [0.3, 0.4) is 0 Å². The first-order chi connectivity index (χ1) is 32.2. The quantitative estimate of drug-likeness (QED) is 0.0360. The molecule has 0 aromatic rings. The van der Waals surface area contributed by atoms with Gasteiger partial charge in [-0.1, -0.05) is 168 Å². The Morgan fingerprint density at radius 3 is 1.93 bits per heavy atom. The van der Waals surface area contributed by atoms with Gasteiger partial charge in [0.15, 0.2) is 0 Å². The summed E-state index contributed by atoms with van der Waals surface area (Å²) in [6.07, 6.45) is 45.4. The number of unbranched alkanes of at least 4 members (excludes halogenated alkanes) is 13. The Balaban J connectivity index is 1.12. The Labute approximate surface area is 416 Å². The fourth-order valence-electron chi connectivity index (χ4n) is 14.6. The molecule has 3 saturated carbocycles. The van der Waals surface area contributed by atoms with Gasteiger partial charge < -0.3 is 14.4 Å². The molecular weight excluding hydrogens is 823 g/mol. The molecule has 0 N–H and O–H groups in total. The van der Waals surface area contributed by atoms with Crippen LogP contribution in [0.4, 0.5) is 0 Å². The van der Waals surface area contributed by atoms with Crippen LogP contribution in [0, 0.1) is 52.3 Å². The van der Waals surface area contributed by atoms with Gasteiger partial charge in [-0.2, -0.15) is 0 Å². The number of hydrogen-bond acceptors (Lipinski definition) is 5. The highest BCUT2D eigenvalue weighted by Gasteiger charge is 2.59. The van der Waals surface area contributed by atoms with E-state index < -0.39 is 0 Å². The van der Waals surface area contributed by atoms with Gasteiger partial charge in [0.25, 0.3) is 0 Å². The summed E-state index contributed by atoms with van der Waals surface area (Å²) in [4.78, 5) is 28.4. The van der Waals surface area contributed by atoms with Gasteiger partial charge >= 0.3 is 11.9 Å². The average molecular weight is 935 g/mol. The van der Waals surface area contributed by atoms with Crippen LogP contribution in [0.15, 0.2) is 23.3 Å². The Morgan fingerprint density at radius 1 is 0.687 bits per heavy atom. The van der Waals surface area contributed by atoms with E-state index in [1.54, 1.807) is 11.1 Å². The number of hydrogen-bond donors (Lipinski definition) is 0. The number of esters is 2. The number of fused-ring (bicyclic) bond motifs is 5. The van der Waals surface area contributed by atoms with Crippen LogP contribution in [0.1, 0.15) is 274 Å². The van der Waals surface area contributed by atoms with Crippen molar-refractivity contribution in [1.82, 2.24) is 4.90 Å². The van der Waals surface area contributed by atoms with Gasteiger partial charge in [-0.25, -0.2) is 0 Å². The van der Waals surface area contributed by atoms with Crippen molar-refractivity contribution >= 4 is 11.9 Å². The first kappa shape index (κ1) is 58.0. The predicted octanol–water partition coefficient (Wildman–Crippen LogP) is 18.0. The molecule has 10 atom stereocenters. The molecule has 0 amide bonds. The molecule has 4 aliphatic carbocycles. The lowest BCUT2D eigenvalue weighted by atomic mass is 9.47. The van der Waals surface area contributed by atoms with Crippen LogP contribution in [-0.4, -0.2) is 49.7 Å². The molecule has 0 heterocycles. The molecule has 10 unspecified atom stereocenters. The van der Waals surface area contributed by atoms with Crippen molar-refractivity contribution in [2.45, 2.75) is 286 Å². The second-order valence-electron chi connectivity index (χ2n) is 24.4. The summed E-state index contributed by atoms with van der Waals surface area (Å²) in [5, 5.41) is 0. The van der Waals surface area contributed by atoms with Crippen molar-refractivity contribution in [3.8, 4) is 0 Å². The Morgan fingerprint density at radius 2 is 1.28 bits per heavy atom. The molecule has 0 saturated heterocycles. The molecule has 67 heavy (non-hydrogen) atoms. The summed E-state index contributed by atoms with van der Waals surface area (Å²) < 4.78 is 12.3. The minimum atomic E-state index is 0.0331. The molecule has 0 aliphatic heterocycles. The van der Waals surface area contributed by atoms with Gasteiger partial charge in [-0.15, -0.1) is 0 Å². The SMILES string of the molecule is C/C=C(\CCC(C)C1CCC2C3CC=C4CC(OC(=O)CCCCCC(CCCCCCC(=O)OC(CCCCCC)CCCCCCCC)CCN(C)C)CCC4(C)C3CCC12C)C(C)C. The minimum Gasteiger partial charge on any atom is -0.462 e. The van der Waals surface area contributed by atoms with Crippen molar-refractivity contribution in [3.63, 3.8) is 0 Å². The van der Waals surface area contributed by atoms with Crippen LogP contribution < -0.4 is 0 Å². The third-order valence-electron chi connectivity index (χ3n) is 18.9. The van der Waals surface area contributed by atoms with E-state index in [1.807, 2.05) is 0 Å². The highest BCUT2D eigenvalue weighted by atomic mass is 16.5. The molecule has 0 spiro atoms. The van der Waals surface area contributed by atoms with Gasteiger partial charge in [-0.3, -0.25) is 9.59 Å². The van der Waals surface area contributed by atoms with E-state index >= 15 is 0 Å². The van der Waals surface area contributed by atoms with Crippen molar-refractivity contribution < 1.29 is 19.1 Å². The zero-order chi connectivity index (χ0) is 48.7. The maximum absolute atomic E-state index is 13.2. The Kier molecular flexibility index (Phi) is 26.8. The van der Waals surface area contributed by atoms with E-state index in [9.17, 15) is 9.59 Å².